The summed E-state index contributed by atoms with van der Waals surface area (Å²) in [6.07, 6.45) is 8.08. The third kappa shape index (κ3) is 6.94. The van der Waals surface area contributed by atoms with Crippen molar-refractivity contribution in [2.24, 2.45) is 5.92 Å². The molecule has 7 heteroatoms. The molecule has 2 aromatic carbocycles. The Morgan fingerprint density at radius 3 is 2.26 bits per heavy atom. The average molecular weight is 460 g/mol. The van der Waals surface area contributed by atoms with E-state index in [-0.39, 0.29) is 5.91 Å². The first-order chi connectivity index (χ1) is 16.6. The number of amides is 1. The Labute approximate surface area is 201 Å². The second-order valence-electron chi connectivity index (χ2n) is 8.86. The van der Waals surface area contributed by atoms with E-state index in [0.29, 0.717) is 24.1 Å². The quantitative estimate of drug-likeness (QED) is 0.335. The van der Waals surface area contributed by atoms with E-state index < -0.39 is 0 Å². The van der Waals surface area contributed by atoms with E-state index in [1.54, 1.807) is 7.11 Å². The van der Waals surface area contributed by atoms with Crippen LogP contribution in [0.4, 0.5) is 28.8 Å². The third-order valence-corrected chi connectivity index (χ3v) is 6.15. The fraction of sp³-hybridized carbons (Fsp3) is 0.370. The molecule has 0 saturated heterocycles. The second-order valence-corrected chi connectivity index (χ2v) is 8.86. The van der Waals surface area contributed by atoms with E-state index >= 15 is 0 Å². The van der Waals surface area contributed by atoms with Gasteiger partial charge in [-0.3, -0.25) is 4.79 Å². The standard InChI is InChI=1S/C27H33N5O2/c1-19-18-25(29-21-13-15-24(34-2)16-14-21)32-27(28-19)31-23-11-9-22(10-12-23)30-26(33)17-8-20-6-4-3-5-7-20/h9-16,18,20H,3-8,17H2,1-2H3,(H,30,33)(H2,28,29,31,32). The molecular formula is C27H33N5O2. The first-order valence-corrected chi connectivity index (χ1v) is 12.0. The molecule has 1 aromatic heterocycles. The van der Waals surface area contributed by atoms with Gasteiger partial charge in [0.05, 0.1) is 7.11 Å². The van der Waals surface area contributed by atoms with Gasteiger partial charge in [0.25, 0.3) is 0 Å². The first-order valence-electron chi connectivity index (χ1n) is 12.0. The molecule has 4 rings (SSSR count). The Hall–Kier alpha value is -3.61. The lowest BCUT2D eigenvalue weighted by Gasteiger charge is -2.21. The zero-order valence-corrected chi connectivity index (χ0v) is 19.9. The largest absolute Gasteiger partial charge is 0.497 e. The van der Waals surface area contributed by atoms with Gasteiger partial charge in [-0.1, -0.05) is 32.1 Å². The SMILES string of the molecule is COc1ccc(Nc2cc(C)nc(Nc3ccc(NC(=O)CCC4CCCCC4)cc3)n2)cc1. The molecule has 0 spiro atoms. The number of benzene rings is 2. The van der Waals surface area contributed by atoms with E-state index in [1.807, 2.05) is 61.5 Å². The summed E-state index contributed by atoms with van der Waals surface area (Å²) in [5, 5.41) is 9.55. The van der Waals surface area contributed by atoms with Gasteiger partial charge in [0.1, 0.15) is 11.6 Å². The van der Waals surface area contributed by atoms with Gasteiger partial charge < -0.3 is 20.7 Å². The molecule has 0 unspecified atom stereocenters. The van der Waals surface area contributed by atoms with Crippen molar-refractivity contribution >= 4 is 34.7 Å². The summed E-state index contributed by atoms with van der Waals surface area (Å²) in [6.45, 7) is 1.93. The minimum Gasteiger partial charge on any atom is -0.497 e. The molecule has 1 amide bonds. The van der Waals surface area contributed by atoms with Crippen LogP contribution in [0.25, 0.3) is 0 Å². The molecule has 7 nitrogen and oxygen atoms in total. The summed E-state index contributed by atoms with van der Waals surface area (Å²) in [5.74, 6) is 2.80. The summed E-state index contributed by atoms with van der Waals surface area (Å²) in [7, 11) is 1.65. The van der Waals surface area contributed by atoms with Crippen LogP contribution in [0.5, 0.6) is 5.75 Å². The topological polar surface area (TPSA) is 88.2 Å². The van der Waals surface area contributed by atoms with Gasteiger partial charge in [-0.05, 0) is 67.8 Å². The Kier molecular flexibility index (Phi) is 7.96. The highest BCUT2D eigenvalue weighted by Gasteiger charge is 2.15. The van der Waals surface area contributed by atoms with Gasteiger partial charge in [0.15, 0.2) is 0 Å². The molecular weight excluding hydrogens is 426 g/mol. The second kappa shape index (κ2) is 11.5. The maximum absolute atomic E-state index is 12.3. The molecule has 1 saturated carbocycles. The van der Waals surface area contributed by atoms with Gasteiger partial charge in [0.2, 0.25) is 11.9 Å². The molecule has 1 aliphatic carbocycles. The third-order valence-electron chi connectivity index (χ3n) is 6.15. The highest BCUT2D eigenvalue weighted by atomic mass is 16.5. The Morgan fingerprint density at radius 1 is 0.912 bits per heavy atom. The summed E-state index contributed by atoms with van der Waals surface area (Å²) < 4.78 is 5.20. The van der Waals surface area contributed by atoms with Crippen LogP contribution in [0.2, 0.25) is 0 Å². The molecule has 0 bridgehead atoms. The number of rotatable bonds is 9. The molecule has 1 heterocycles. The van der Waals surface area contributed by atoms with Gasteiger partial charge in [0, 0.05) is 35.2 Å². The molecule has 3 N–H and O–H groups in total. The number of hydrogen-bond donors (Lipinski definition) is 3. The van der Waals surface area contributed by atoms with Crippen LogP contribution in [0.1, 0.15) is 50.6 Å². The number of ether oxygens (including phenoxy) is 1. The van der Waals surface area contributed by atoms with Crippen LogP contribution in [-0.2, 0) is 4.79 Å². The number of nitrogens with one attached hydrogen (secondary N) is 3. The number of carbonyl (C=O) groups is 1. The fourth-order valence-electron chi connectivity index (χ4n) is 4.31. The number of carbonyl (C=O) groups excluding carboxylic acids is 1. The normalized spacial score (nSPS) is 13.8. The number of methoxy groups -OCH3 is 1. The van der Waals surface area contributed by atoms with E-state index in [4.69, 9.17) is 4.74 Å². The molecule has 34 heavy (non-hydrogen) atoms. The summed E-state index contributed by atoms with van der Waals surface area (Å²) in [4.78, 5) is 21.4. The van der Waals surface area contributed by atoms with Gasteiger partial charge in [-0.2, -0.15) is 4.98 Å². The molecule has 1 fully saturated rings. The predicted molar refractivity (Wildman–Crippen MR) is 137 cm³/mol. The fourth-order valence-corrected chi connectivity index (χ4v) is 4.31. The summed E-state index contributed by atoms with van der Waals surface area (Å²) >= 11 is 0. The predicted octanol–water partition coefficient (Wildman–Crippen LogP) is 6.58. The van der Waals surface area contributed by atoms with Crippen molar-refractivity contribution in [1.29, 1.82) is 0 Å². The van der Waals surface area contributed by atoms with E-state index in [0.717, 1.165) is 34.9 Å². The number of anilines is 5. The van der Waals surface area contributed by atoms with Crippen molar-refractivity contribution in [3.8, 4) is 5.75 Å². The van der Waals surface area contributed by atoms with Crippen molar-refractivity contribution in [2.45, 2.75) is 51.9 Å². The Balaban J connectivity index is 1.32. The van der Waals surface area contributed by atoms with Gasteiger partial charge in [-0.25, -0.2) is 4.98 Å². The van der Waals surface area contributed by atoms with Crippen LogP contribution in [-0.4, -0.2) is 23.0 Å². The van der Waals surface area contributed by atoms with Crippen molar-refractivity contribution < 1.29 is 9.53 Å². The first kappa shape index (κ1) is 23.5. The summed E-state index contributed by atoms with van der Waals surface area (Å²) in [6, 6.07) is 17.2. The van der Waals surface area contributed by atoms with Crippen LogP contribution in [0.3, 0.4) is 0 Å². The molecule has 178 valence electrons. The Morgan fingerprint density at radius 2 is 1.56 bits per heavy atom. The molecule has 0 radical (unpaired) electrons. The molecule has 1 aliphatic rings. The monoisotopic (exact) mass is 459 g/mol. The number of aromatic nitrogens is 2. The van der Waals surface area contributed by atoms with Crippen LogP contribution < -0.4 is 20.7 Å². The zero-order chi connectivity index (χ0) is 23.8. The highest BCUT2D eigenvalue weighted by molar-refractivity contribution is 5.90. The minimum atomic E-state index is 0.0857. The van der Waals surface area contributed by atoms with Crippen molar-refractivity contribution in [3.63, 3.8) is 0 Å². The maximum atomic E-state index is 12.3. The number of nitrogens with zero attached hydrogens (tertiary/aromatic N) is 2. The van der Waals surface area contributed by atoms with E-state index in [2.05, 4.69) is 25.9 Å². The lowest BCUT2D eigenvalue weighted by molar-refractivity contribution is -0.116. The summed E-state index contributed by atoms with van der Waals surface area (Å²) in [5.41, 5.74) is 3.40. The number of hydrogen-bond acceptors (Lipinski definition) is 6. The Bertz CT molecular complexity index is 1080. The smallest absolute Gasteiger partial charge is 0.229 e. The van der Waals surface area contributed by atoms with Crippen molar-refractivity contribution in [1.82, 2.24) is 9.97 Å². The lowest BCUT2D eigenvalue weighted by atomic mass is 9.86. The number of aryl methyl sites for hydroxylation is 1. The zero-order valence-electron chi connectivity index (χ0n) is 19.9. The van der Waals surface area contributed by atoms with Gasteiger partial charge in [-0.15, -0.1) is 0 Å². The van der Waals surface area contributed by atoms with Crippen LogP contribution >= 0.6 is 0 Å². The van der Waals surface area contributed by atoms with Gasteiger partial charge >= 0.3 is 0 Å². The molecule has 3 aromatic rings. The molecule has 0 atom stereocenters. The van der Waals surface area contributed by atoms with Crippen LogP contribution in [0, 0.1) is 12.8 Å². The van der Waals surface area contributed by atoms with E-state index in [9.17, 15) is 4.79 Å². The van der Waals surface area contributed by atoms with Crippen molar-refractivity contribution in [2.75, 3.05) is 23.1 Å². The lowest BCUT2D eigenvalue weighted by Crippen LogP contribution is -2.14. The highest BCUT2D eigenvalue weighted by Crippen LogP contribution is 2.27. The van der Waals surface area contributed by atoms with Crippen molar-refractivity contribution in [3.05, 3.63) is 60.3 Å². The average Bonchev–Trinajstić information content (AvgIpc) is 2.85. The maximum Gasteiger partial charge on any atom is 0.229 e. The van der Waals surface area contributed by atoms with E-state index in [1.165, 1.54) is 32.1 Å². The molecule has 0 aliphatic heterocycles. The minimum absolute atomic E-state index is 0.0857. The van der Waals surface area contributed by atoms with Crippen LogP contribution in [0.15, 0.2) is 54.6 Å².